The van der Waals surface area contributed by atoms with Crippen LogP contribution in [0.1, 0.15) is 69.3 Å². The number of nitrogens with zero attached hydrogens (tertiary/aromatic N) is 2. The van der Waals surface area contributed by atoms with Gasteiger partial charge in [-0.2, -0.15) is 0 Å². The SMILES string of the molecule is CCCNC(=O)c1c[nH]c(C(=NC=N)N(C(=O)OCOC(=O)Cc2ccc(O)cc2)c2cc(C(=O)NC3CC3)ccc2C)c1C. The van der Waals surface area contributed by atoms with Gasteiger partial charge in [0.2, 0.25) is 6.79 Å². The van der Waals surface area contributed by atoms with E-state index in [1.165, 1.54) is 24.4 Å². The molecule has 4 rings (SSSR count). The number of anilines is 1. The van der Waals surface area contributed by atoms with E-state index in [1.807, 2.05) is 6.92 Å². The van der Waals surface area contributed by atoms with Gasteiger partial charge < -0.3 is 30.2 Å². The van der Waals surface area contributed by atoms with E-state index in [4.69, 9.17) is 14.9 Å². The summed E-state index contributed by atoms with van der Waals surface area (Å²) in [7, 11) is 0. The van der Waals surface area contributed by atoms with Crippen LogP contribution >= 0.6 is 0 Å². The first kappa shape index (κ1) is 32.5. The summed E-state index contributed by atoms with van der Waals surface area (Å²) in [5, 5.41) is 22.9. The van der Waals surface area contributed by atoms with Crippen LogP contribution in [0.5, 0.6) is 5.75 Å². The van der Waals surface area contributed by atoms with Crippen molar-refractivity contribution in [1.29, 1.82) is 5.41 Å². The van der Waals surface area contributed by atoms with E-state index < -0.39 is 18.9 Å². The number of rotatable bonds is 12. The molecule has 13 nitrogen and oxygen atoms in total. The molecule has 0 saturated heterocycles. The lowest BCUT2D eigenvalue weighted by molar-refractivity contribution is -0.150. The molecular formula is C32H36N6O7. The highest BCUT2D eigenvalue weighted by Gasteiger charge is 2.31. The standard InChI is InChI=1S/C32H36N6O7/c1-4-13-34-31(42)25-16-35-28(20(25)3)29(36-17-33)38(26-15-22(8-5-19(26)2)30(41)37-23-9-10-23)32(43)45-18-44-27(40)14-21-6-11-24(39)12-7-21/h5-8,11-12,15-17,23,33,35,39H,4,9-10,13-14,18H2,1-3H3,(H,34,42)(H,37,41). The zero-order chi connectivity index (χ0) is 32.5. The highest BCUT2D eigenvalue weighted by Crippen LogP contribution is 2.28. The number of phenols is 1. The minimum absolute atomic E-state index is 0.0546. The van der Waals surface area contributed by atoms with Gasteiger partial charge >= 0.3 is 12.1 Å². The molecule has 13 heteroatoms. The first-order valence-electron chi connectivity index (χ1n) is 14.5. The number of aromatic hydroxyl groups is 1. The van der Waals surface area contributed by atoms with Crippen LogP contribution in [0.2, 0.25) is 0 Å². The lowest BCUT2D eigenvalue weighted by atomic mass is 10.1. The molecule has 0 unspecified atom stereocenters. The van der Waals surface area contributed by atoms with Crippen LogP contribution in [-0.4, -0.2) is 65.5 Å². The molecule has 2 aromatic carbocycles. The molecule has 1 fully saturated rings. The van der Waals surface area contributed by atoms with Crippen molar-refractivity contribution in [2.24, 2.45) is 4.99 Å². The van der Waals surface area contributed by atoms with Gasteiger partial charge in [0.15, 0.2) is 5.84 Å². The summed E-state index contributed by atoms with van der Waals surface area (Å²) in [6.45, 7) is 5.06. The Morgan fingerprint density at radius 3 is 2.49 bits per heavy atom. The van der Waals surface area contributed by atoms with Crippen LogP contribution in [0.3, 0.4) is 0 Å². The summed E-state index contributed by atoms with van der Waals surface area (Å²) in [5.74, 6) is -1.34. The zero-order valence-corrected chi connectivity index (χ0v) is 25.3. The number of phenolic OH excluding ortho intramolecular Hbond substituents is 1. The largest absolute Gasteiger partial charge is 0.508 e. The van der Waals surface area contributed by atoms with Crippen LogP contribution in [0.25, 0.3) is 0 Å². The van der Waals surface area contributed by atoms with Gasteiger partial charge in [-0.1, -0.05) is 25.1 Å². The van der Waals surface area contributed by atoms with Gasteiger partial charge in [0.05, 0.1) is 23.4 Å². The lowest BCUT2D eigenvalue weighted by Crippen LogP contribution is -2.40. The van der Waals surface area contributed by atoms with E-state index in [2.05, 4.69) is 20.6 Å². The summed E-state index contributed by atoms with van der Waals surface area (Å²) in [6, 6.07) is 10.9. The second-order valence-corrected chi connectivity index (χ2v) is 10.5. The summed E-state index contributed by atoms with van der Waals surface area (Å²) >= 11 is 0. The molecule has 1 aliphatic carbocycles. The maximum Gasteiger partial charge on any atom is 0.423 e. The topological polar surface area (TPSA) is 186 Å². The first-order chi connectivity index (χ1) is 21.6. The van der Waals surface area contributed by atoms with Gasteiger partial charge in [-0.25, -0.2) is 14.7 Å². The predicted octanol–water partition coefficient (Wildman–Crippen LogP) is 4.11. The van der Waals surface area contributed by atoms with Crippen LogP contribution < -0.4 is 15.5 Å². The third-order valence-electron chi connectivity index (χ3n) is 7.04. The van der Waals surface area contributed by atoms with Gasteiger partial charge in [0.1, 0.15) is 12.1 Å². The Kier molecular flexibility index (Phi) is 10.7. The number of benzene rings is 2. The quantitative estimate of drug-likeness (QED) is 0.0877. The molecule has 1 aromatic heterocycles. The van der Waals surface area contributed by atoms with Crippen molar-refractivity contribution in [2.45, 2.75) is 52.5 Å². The first-order valence-corrected chi connectivity index (χ1v) is 14.5. The average Bonchev–Trinajstić information content (AvgIpc) is 3.75. The fraction of sp³-hybridized carbons (Fsp3) is 0.312. The minimum atomic E-state index is -1.01. The number of nitrogens with one attached hydrogen (secondary N) is 4. The third-order valence-corrected chi connectivity index (χ3v) is 7.04. The summed E-state index contributed by atoms with van der Waals surface area (Å²) in [5.41, 5.74) is 2.72. The van der Waals surface area contributed by atoms with E-state index in [-0.39, 0.29) is 52.8 Å². The van der Waals surface area contributed by atoms with Crippen LogP contribution in [0.15, 0.2) is 53.7 Å². The van der Waals surface area contributed by atoms with Gasteiger partial charge in [-0.3, -0.25) is 19.8 Å². The monoisotopic (exact) mass is 616 g/mol. The lowest BCUT2D eigenvalue weighted by Gasteiger charge is -2.25. The maximum absolute atomic E-state index is 13.8. The number of H-pyrrole nitrogens is 1. The van der Waals surface area contributed by atoms with Crippen molar-refractivity contribution in [2.75, 3.05) is 18.2 Å². The third kappa shape index (κ3) is 8.34. The molecular weight excluding hydrogens is 580 g/mol. The fourth-order valence-corrected chi connectivity index (χ4v) is 4.42. The molecule has 0 spiro atoms. The number of aryl methyl sites for hydroxylation is 1. The molecule has 3 aromatic rings. The molecule has 0 radical (unpaired) electrons. The van der Waals surface area contributed by atoms with Crippen molar-refractivity contribution < 1.29 is 33.8 Å². The smallest absolute Gasteiger partial charge is 0.423 e. The number of carbonyl (C=O) groups excluding carboxylic acids is 4. The average molecular weight is 617 g/mol. The van der Waals surface area contributed by atoms with E-state index in [0.717, 1.165) is 30.5 Å². The number of amides is 3. The van der Waals surface area contributed by atoms with Crippen LogP contribution in [0, 0.1) is 19.3 Å². The van der Waals surface area contributed by atoms with Gasteiger partial charge in [-0.05, 0) is 74.1 Å². The Morgan fingerprint density at radius 1 is 1.09 bits per heavy atom. The number of hydrogen-bond acceptors (Lipinski definition) is 8. The Labute approximate surface area is 260 Å². The highest BCUT2D eigenvalue weighted by molar-refractivity contribution is 6.24. The van der Waals surface area contributed by atoms with Gasteiger partial charge in [0.25, 0.3) is 11.8 Å². The van der Waals surface area contributed by atoms with Crippen LogP contribution in [-0.2, 0) is 20.7 Å². The summed E-state index contributed by atoms with van der Waals surface area (Å²) in [4.78, 5) is 60.1. The number of carbonyl (C=O) groups is 4. The molecule has 5 N–H and O–H groups in total. The Hall–Kier alpha value is -5.46. The molecule has 0 atom stereocenters. The van der Waals surface area contributed by atoms with E-state index in [9.17, 15) is 24.3 Å². The molecule has 0 bridgehead atoms. The van der Waals surface area contributed by atoms with Crippen molar-refractivity contribution in [3.63, 3.8) is 0 Å². The number of esters is 1. The highest BCUT2D eigenvalue weighted by atomic mass is 16.7. The predicted molar refractivity (Wildman–Crippen MR) is 167 cm³/mol. The minimum Gasteiger partial charge on any atom is -0.508 e. The second kappa shape index (κ2) is 14.8. The molecule has 3 amide bonds. The molecule has 1 aliphatic rings. The number of amidine groups is 1. The molecule has 1 heterocycles. The fourth-order valence-electron chi connectivity index (χ4n) is 4.42. The van der Waals surface area contributed by atoms with Crippen molar-refractivity contribution in [1.82, 2.24) is 15.6 Å². The Morgan fingerprint density at radius 2 is 1.82 bits per heavy atom. The summed E-state index contributed by atoms with van der Waals surface area (Å²) < 4.78 is 10.5. The zero-order valence-electron chi connectivity index (χ0n) is 25.3. The van der Waals surface area contributed by atoms with Crippen molar-refractivity contribution in [3.8, 4) is 5.75 Å². The van der Waals surface area contributed by atoms with E-state index in [0.29, 0.717) is 28.8 Å². The molecule has 45 heavy (non-hydrogen) atoms. The van der Waals surface area contributed by atoms with E-state index in [1.54, 1.807) is 38.1 Å². The number of hydrogen-bond donors (Lipinski definition) is 5. The second-order valence-electron chi connectivity index (χ2n) is 10.5. The molecule has 236 valence electrons. The maximum atomic E-state index is 13.8. The van der Waals surface area contributed by atoms with Gasteiger partial charge in [0, 0.05) is 24.3 Å². The Bertz CT molecular complexity index is 1610. The summed E-state index contributed by atoms with van der Waals surface area (Å²) in [6.07, 6.45) is 3.62. The number of aliphatic imine (C=N–C) groups is 1. The van der Waals surface area contributed by atoms with Gasteiger partial charge in [-0.15, -0.1) is 0 Å². The molecule has 1 saturated carbocycles. The normalized spacial score (nSPS) is 12.6. The number of ether oxygens (including phenoxy) is 2. The number of aromatic amines is 1. The van der Waals surface area contributed by atoms with Crippen LogP contribution in [0.4, 0.5) is 10.5 Å². The van der Waals surface area contributed by atoms with Crippen molar-refractivity contribution >= 4 is 41.7 Å². The van der Waals surface area contributed by atoms with Crippen molar-refractivity contribution in [3.05, 3.63) is 82.2 Å². The van der Waals surface area contributed by atoms with E-state index >= 15 is 0 Å². The Balaban J connectivity index is 1.65. The molecule has 0 aliphatic heterocycles. The number of aromatic nitrogens is 1.